The Morgan fingerprint density at radius 2 is 1.92 bits per heavy atom. The first kappa shape index (κ1) is 10.3. The molecule has 0 aliphatic heterocycles. The van der Waals surface area contributed by atoms with Crippen LogP contribution < -0.4 is 4.72 Å². The van der Waals surface area contributed by atoms with E-state index < -0.39 is 10.0 Å². The Morgan fingerprint density at radius 1 is 1.31 bits per heavy atom. The Labute approximate surface area is 78.6 Å². The summed E-state index contributed by atoms with van der Waals surface area (Å²) in [5, 5.41) is 0. The van der Waals surface area contributed by atoms with Gasteiger partial charge in [-0.05, 0) is 12.1 Å². The molecule has 1 rings (SSSR count). The molecule has 1 aromatic rings. The van der Waals surface area contributed by atoms with Gasteiger partial charge in [-0.2, -0.15) is 0 Å². The predicted molar refractivity (Wildman–Crippen MR) is 51.9 cm³/mol. The Kier molecular flexibility index (Phi) is 3.50. The van der Waals surface area contributed by atoms with E-state index in [1.54, 1.807) is 6.92 Å². The molecule has 0 fully saturated rings. The molecular weight excluding hydrogens is 188 g/mol. The number of aromatic nitrogens is 1. The first-order chi connectivity index (χ1) is 6.14. The van der Waals surface area contributed by atoms with Crippen LogP contribution in [-0.4, -0.2) is 25.3 Å². The second-order valence-electron chi connectivity index (χ2n) is 2.74. The molecule has 0 unspecified atom stereocenters. The predicted octanol–water partition coefficient (Wildman–Crippen LogP) is 0.427. The lowest BCUT2D eigenvalue weighted by atomic mass is 10.7. The normalized spacial score (nSPS) is 11.8. The van der Waals surface area contributed by atoms with Crippen molar-refractivity contribution in [2.45, 2.75) is 13.5 Å². The molecule has 0 saturated heterocycles. The first-order valence-corrected chi connectivity index (χ1v) is 5.87. The van der Waals surface area contributed by atoms with Crippen molar-refractivity contribution in [1.82, 2.24) is 9.29 Å². The van der Waals surface area contributed by atoms with Gasteiger partial charge in [0.2, 0.25) is 10.0 Å². The molecular formula is C8H14N2O2S. The minimum Gasteiger partial charge on any atom is -0.353 e. The summed E-state index contributed by atoms with van der Waals surface area (Å²) in [6.45, 7) is 2.73. The zero-order chi connectivity index (χ0) is 9.73. The van der Waals surface area contributed by atoms with Crippen LogP contribution in [0.2, 0.25) is 0 Å². The standard InChI is InChI=1S/C8H14N2O2S/c1-2-9-13(11,12)8-7-10-5-3-4-6-10/h3-6,9H,2,7-8H2,1H3. The summed E-state index contributed by atoms with van der Waals surface area (Å²) in [7, 11) is -3.08. The van der Waals surface area contributed by atoms with Crippen LogP contribution in [0.3, 0.4) is 0 Å². The van der Waals surface area contributed by atoms with Crippen LogP contribution in [0.5, 0.6) is 0 Å². The average Bonchev–Trinajstić information content (AvgIpc) is 2.52. The number of hydrogen-bond acceptors (Lipinski definition) is 2. The molecule has 0 spiro atoms. The number of nitrogens with one attached hydrogen (secondary N) is 1. The van der Waals surface area contributed by atoms with Gasteiger partial charge in [-0.1, -0.05) is 6.92 Å². The number of hydrogen-bond donors (Lipinski definition) is 1. The van der Waals surface area contributed by atoms with Crippen LogP contribution in [0.1, 0.15) is 6.92 Å². The van der Waals surface area contributed by atoms with Crippen molar-refractivity contribution in [3.63, 3.8) is 0 Å². The van der Waals surface area contributed by atoms with Gasteiger partial charge in [0.25, 0.3) is 0 Å². The topological polar surface area (TPSA) is 51.1 Å². The van der Waals surface area contributed by atoms with Crippen molar-refractivity contribution in [2.24, 2.45) is 0 Å². The second kappa shape index (κ2) is 4.43. The first-order valence-electron chi connectivity index (χ1n) is 4.22. The third kappa shape index (κ3) is 3.61. The Hall–Kier alpha value is -0.810. The van der Waals surface area contributed by atoms with Crippen LogP contribution in [0.15, 0.2) is 24.5 Å². The molecule has 74 valence electrons. The highest BCUT2D eigenvalue weighted by molar-refractivity contribution is 7.89. The van der Waals surface area contributed by atoms with Gasteiger partial charge in [-0.15, -0.1) is 0 Å². The maximum absolute atomic E-state index is 11.2. The van der Waals surface area contributed by atoms with E-state index >= 15 is 0 Å². The molecule has 0 saturated carbocycles. The highest BCUT2D eigenvalue weighted by Crippen LogP contribution is 1.92. The third-order valence-corrected chi connectivity index (χ3v) is 3.10. The fourth-order valence-electron chi connectivity index (χ4n) is 1.04. The van der Waals surface area contributed by atoms with Gasteiger partial charge in [-0.25, -0.2) is 13.1 Å². The van der Waals surface area contributed by atoms with Gasteiger partial charge in [-0.3, -0.25) is 0 Å². The molecule has 4 nitrogen and oxygen atoms in total. The molecule has 1 N–H and O–H groups in total. The maximum atomic E-state index is 11.2. The van der Waals surface area contributed by atoms with E-state index in [-0.39, 0.29) is 5.75 Å². The lowest BCUT2D eigenvalue weighted by molar-refractivity contribution is 0.577. The molecule has 0 atom stereocenters. The summed E-state index contributed by atoms with van der Waals surface area (Å²) in [5.41, 5.74) is 0. The summed E-state index contributed by atoms with van der Waals surface area (Å²) in [5.74, 6) is 0.134. The van der Waals surface area contributed by atoms with Crippen molar-refractivity contribution in [2.75, 3.05) is 12.3 Å². The van der Waals surface area contributed by atoms with Crippen molar-refractivity contribution >= 4 is 10.0 Å². The number of nitrogens with zero attached hydrogens (tertiary/aromatic N) is 1. The number of aryl methyl sites for hydroxylation is 1. The summed E-state index contributed by atoms with van der Waals surface area (Å²) >= 11 is 0. The molecule has 1 aromatic heterocycles. The molecule has 0 bridgehead atoms. The maximum Gasteiger partial charge on any atom is 0.213 e. The summed E-state index contributed by atoms with van der Waals surface area (Å²) in [4.78, 5) is 0. The monoisotopic (exact) mass is 202 g/mol. The zero-order valence-corrected chi connectivity index (χ0v) is 8.42. The number of rotatable bonds is 5. The number of sulfonamides is 1. The van der Waals surface area contributed by atoms with Crippen LogP contribution in [0.4, 0.5) is 0 Å². The lowest BCUT2D eigenvalue weighted by Crippen LogP contribution is -2.27. The Morgan fingerprint density at radius 3 is 2.46 bits per heavy atom. The van der Waals surface area contributed by atoms with E-state index in [4.69, 9.17) is 0 Å². The molecule has 0 aliphatic carbocycles. The third-order valence-electron chi connectivity index (χ3n) is 1.65. The van der Waals surface area contributed by atoms with Crippen molar-refractivity contribution in [3.8, 4) is 0 Å². The molecule has 1 heterocycles. The zero-order valence-electron chi connectivity index (χ0n) is 7.60. The lowest BCUT2D eigenvalue weighted by Gasteiger charge is -2.04. The van der Waals surface area contributed by atoms with Crippen LogP contribution in [0, 0.1) is 0 Å². The molecule has 0 amide bonds. The van der Waals surface area contributed by atoms with Gasteiger partial charge in [0.05, 0.1) is 5.75 Å². The van der Waals surface area contributed by atoms with Crippen LogP contribution in [-0.2, 0) is 16.6 Å². The van der Waals surface area contributed by atoms with Crippen molar-refractivity contribution < 1.29 is 8.42 Å². The SMILES string of the molecule is CCNS(=O)(=O)CCn1cccc1. The molecule has 0 aromatic carbocycles. The fourth-order valence-corrected chi connectivity index (χ4v) is 2.07. The van der Waals surface area contributed by atoms with E-state index in [2.05, 4.69) is 4.72 Å². The highest BCUT2D eigenvalue weighted by Gasteiger charge is 2.07. The summed E-state index contributed by atoms with van der Waals surface area (Å²) < 4.78 is 26.7. The fraction of sp³-hybridized carbons (Fsp3) is 0.500. The quantitative estimate of drug-likeness (QED) is 0.752. The minimum absolute atomic E-state index is 0.134. The van der Waals surface area contributed by atoms with E-state index in [0.29, 0.717) is 13.1 Å². The smallest absolute Gasteiger partial charge is 0.213 e. The van der Waals surface area contributed by atoms with Gasteiger partial charge in [0.1, 0.15) is 0 Å². The summed E-state index contributed by atoms with van der Waals surface area (Å²) in [6.07, 6.45) is 3.70. The van der Waals surface area contributed by atoms with Gasteiger partial charge >= 0.3 is 0 Å². The van der Waals surface area contributed by atoms with Gasteiger partial charge in [0, 0.05) is 25.5 Å². The van der Waals surface area contributed by atoms with Gasteiger partial charge in [0.15, 0.2) is 0 Å². The average molecular weight is 202 g/mol. The van der Waals surface area contributed by atoms with Gasteiger partial charge < -0.3 is 4.57 Å². The minimum atomic E-state index is -3.08. The Balaban J connectivity index is 2.43. The van der Waals surface area contributed by atoms with Crippen LogP contribution >= 0.6 is 0 Å². The highest BCUT2D eigenvalue weighted by atomic mass is 32.2. The molecule has 13 heavy (non-hydrogen) atoms. The van der Waals surface area contributed by atoms with Crippen LogP contribution in [0.25, 0.3) is 0 Å². The van der Waals surface area contributed by atoms with E-state index in [9.17, 15) is 8.42 Å². The van der Waals surface area contributed by atoms with Crippen molar-refractivity contribution in [1.29, 1.82) is 0 Å². The van der Waals surface area contributed by atoms with E-state index in [1.165, 1.54) is 0 Å². The van der Waals surface area contributed by atoms with E-state index in [0.717, 1.165) is 0 Å². The molecule has 0 radical (unpaired) electrons. The summed E-state index contributed by atoms with van der Waals surface area (Å²) in [6, 6.07) is 3.75. The Bertz CT molecular complexity index is 329. The second-order valence-corrected chi connectivity index (χ2v) is 4.66. The van der Waals surface area contributed by atoms with Crippen molar-refractivity contribution in [3.05, 3.63) is 24.5 Å². The largest absolute Gasteiger partial charge is 0.353 e. The molecule has 0 aliphatic rings. The van der Waals surface area contributed by atoms with E-state index in [1.807, 2.05) is 29.1 Å². The molecule has 5 heteroatoms.